The molecule has 106 valence electrons. The Kier molecular flexibility index (Phi) is 4.73. The highest BCUT2D eigenvalue weighted by Gasteiger charge is 2.13. The fourth-order valence-electron chi connectivity index (χ4n) is 2.18. The molecule has 0 spiro atoms. The minimum absolute atomic E-state index is 0.0297. The maximum atomic E-state index is 11.6. The van der Waals surface area contributed by atoms with E-state index in [1.807, 2.05) is 37.3 Å². The van der Waals surface area contributed by atoms with Crippen molar-refractivity contribution in [2.75, 3.05) is 0 Å². The molecule has 2 aromatic carbocycles. The molecule has 0 bridgehead atoms. The standard InChI is InChI=1S/C18H17NO2/c1-3-15-10-18(16(11-19)9-17(15)13(2)20)21-12-14-7-5-4-6-8-14/h4-10H,3,12H2,1-2H3. The van der Waals surface area contributed by atoms with Crippen LogP contribution in [0.3, 0.4) is 0 Å². The number of nitrogens with zero attached hydrogens (tertiary/aromatic N) is 1. The number of nitriles is 1. The number of aryl methyl sites for hydroxylation is 1. The summed E-state index contributed by atoms with van der Waals surface area (Å²) in [6.45, 7) is 3.90. The Balaban J connectivity index is 2.30. The molecule has 0 fully saturated rings. The minimum Gasteiger partial charge on any atom is -0.488 e. The number of hydrogen-bond donors (Lipinski definition) is 0. The zero-order valence-corrected chi connectivity index (χ0v) is 12.2. The van der Waals surface area contributed by atoms with Crippen LogP contribution in [0.15, 0.2) is 42.5 Å². The second-order valence-electron chi connectivity index (χ2n) is 4.80. The van der Waals surface area contributed by atoms with Crippen LogP contribution in [0.2, 0.25) is 0 Å². The van der Waals surface area contributed by atoms with Crippen molar-refractivity contribution < 1.29 is 9.53 Å². The normalized spacial score (nSPS) is 9.95. The lowest BCUT2D eigenvalue weighted by Crippen LogP contribution is -2.03. The first-order valence-corrected chi connectivity index (χ1v) is 6.90. The number of carbonyl (C=O) groups excluding carboxylic acids is 1. The predicted octanol–water partition coefficient (Wildman–Crippen LogP) is 3.90. The van der Waals surface area contributed by atoms with Gasteiger partial charge in [0.15, 0.2) is 5.78 Å². The van der Waals surface area contributed by atoms with Crippen LogP contribution in [0, 0.1) is 11.3 Å². The van der Waals surface area contributed by atoms with E-state index in [0.29, 0.717) is 23.5 Å². The van der Waals surface area contributed by atoms with Gasteiger partial charge in [-0.2, -0.15) is 5.26 Å². The van der Waals surface area contributed by atoms with E-state index in [4.69, 9.17) is 4.74 Å². The van der Waals surface area contributed by atoms with Gasteiger partial charge in [-0.15, -0.1) is 0 Å². The first-order chi connectivity index (χ1) is 10.2. The van der Waals surface area contributed by atoms with E-state index in [9.17, 15) is 10.1 Å². The summed E-state index contributed by atoms with van der Waals surface area (Å²) < 4.78 is 5.76. The molecule has 0 atom stereocenters. The van der Waals surface area contributed by atoms with Crippen LogP contribution in [-0.2, 0) is 13.0 Å². The fourth-order valence-corrected chi connectivity index (χ4v) is 2.18. The third-order valence-corrected chi connectivity index (χ3v) is 3.32. The second-order valence-corrected chi connectivity index (χ2v) is 4.80. The number of benzene rings is 2. The molecule has 0 saturated carbocycles. The molecule has 0 unspecified atom stereocenters. The van der Waals surface area contributed by atoms with Crippen molar-refractivity contribution in [2.24, 2.45) is 0 Å². The van der Waals surface area contributed by atoms with E-state index < -0.39 is 0 Å². The smallest absolute Gasteiger partial charge is 0.160 e. The molecule has 3 nitrogen and oxygen atoms in total. The van der Waals surface area contributed by atoms with Crippen molar-refractivity contribution in [1.29, 1.82) is 5.26 Å². The van der Waals surface area contributed by atoms with Crippen LogP contribution < -0.4 is 4.74 Å². The van der Waals surface area contributed by atoms with E-state index >= 15 is 0 Å². The Hall–Kier alpha value is -2.60. The van der Waals surface area contributed by atoms with Crippen LogP contribution in [0.5, 0.6) is 5.75 Å². The van der Waals surface area contributed by atoms with Gasteiger partial charge in [-0.1, -0.05) is 37.3 Å². The molecule has 0 N–H and O–H groups in total. The van der Waals surface area contributed by atoms with Gasteiger partial charge >= 0.3 is 0 Å². The Morgan fingerprint density at radius 2 is 1.95 bits per heavy atom. The van der Waals surface area contributed by atoms with Gasteiger partial charge in [0.05, 0.1) is 5.56 Å². The first-order valence-electron chi connectivity index (χ1n) is 6.90. The summed E-state index contributed by atoms with van der Waals surface area (Å²) in [4.78, 5) is 11.6. The summed E-state index contributed by atoms with van der Waals surface area (Å²) in [6, 6.07) is 15.3. The molecule has 0 aliphatic heterocycles. The molecule has 2 aromatic rings. The van der Waals surface area contributed by atoms with Gasteiger partial charge < -0.3 is 4.74 Å². The maximum absolute atomic E-state index is 11.6. The van der Waals surface area contributed by atoms with Crippen LogP contribution in [0.25, 0.3) is 0 Å². The number of carbonyl (C=O) groups is 1. The number of ketones is 1. The van der Waals surface area contributed by atoms with Gasteiger partial charge in [0.2, 0.25) is 0 Å². The highest BCUT2D eigenvalue weighted by atomic mass is 16.5. The van der Waals surface area contributed by atoms with Gasteiger partial charge in [0.1, 0.15) is 18.4 Å². The van der Waals surface area contributed by atoms with Crippen molar-refractivity contribution in [2.45, 2.75) is 26.9 Å². The maximum Gasteiger partial charge on any atom is 0.160 e. The lowest BCUT2D eigenvalue weighted by Gasteiger charge is -2.12. The van der Waals surface area contributed by atoms with Crippen molar-refractivity contribution in [3.63, 3.8) is 0 Å². The predicted molar refractivity (Wildman–Crippen MR) is 81.3 cm³/mol. The van der Waals surface area contributed by atoms with Gasteiger partial charge in [-0.25, -0.2) is 0 Å². The summed E-state index contributed by atoms with van der Waals surface area (Å²) in [5.41, 5.74) is 2.94. The molecule has 0 radical (unpaired) electrons. The molecule has 2 rings (SSSR count). The Morgan fingerprint density at radius 1 is 1.24 bits per heavy atom. The number of Topliss-reactive ketones (excluding diaryl/α,β-unsaturated/α-hetero) is 1. The monoisotopic (exact) mass is 279 g/mol. The minimum atomic E-state index is -0.0297. The molecule has 0 saturated heterocycles. The van der Waals surface area contributed by atoms with E-state index in [-0.39, 0.29) is 5.78 Å². The lowest BCUT2D eigenvalue weighted by molar-refractivity contribution is 0.101. The molecule has 0 aliphatic carbocycles. The molecule has 3 heteroatoms. The average Bonchev–Trinajstić information content (AvgIpc) is 2.52. The van der Waals surface area contributed by atoms with Crippen molar-refractivity contribution in [1.82, 2.24) is 0 Å². The van der Waals surface area contributed by atoms with Gasteiger partial charge in [0.25, 0.3) is 0 Å². The zero-order valence-electron chi connectivity index (χ0n) is 12.2. The first kappa shape index (κ1) is 14.8. The van der Waals surface area contributed by atoms with Crippen LogP contribution in [0.1, 0.15) is 40.9 Å². The molecule has 0 aliphatic rings. The van der Waals surface area contributed by atoms with Crippen LogP contribution >= 0.6 is 0 Å². The molecule has 0 heterocycles. The van der Waals surface area contributed by atoms with Gasteiger partial charge in [0, 0.05) is 5.56 Å². The number of ether oxygens (including phenoxy) is 1. The summed E-state index contributed by atoms with van der Waals surface area (Å²) in [5.74, 6) is 0.501. The van der Waals surface area contributed by atoms with E-state index in [2.05, 4.69) is 6.07 Å². The average molecular weight is 279 g/mol. The van der Waals surface area contributed by atoms with Crippen LogP contribution in [0.4, 0.5) is 0 Å². The summed E-state index contributed by atoms with van der Waals surface area (Å²) in [7, 11) is 0. The Morgan fingerprint density at radius 3 is 2.52 bits per heavy atom. The SMILES string of the molecule is CCc1cc(OCc2ccccc2)c(C#N)cc1C(C)=O. The highest BCUT2D eigenvalue weighted by Crippen LogP contribution is 2.25. The zero-order chi connectivity index (χ0) is 15.2. The number of hydrogen-bond acceptors (Lipinski definition) is 3. The van der Waals surface area contributed by atoms with E-state index in [1.165, 1.54) is 6.92 Å². The third-order valence-electron chi connectivity index (χ3n) is 3.32. The molecular formula is C18H17NO2. The van der Waals surface area contributed by atoms with Gasteiger partial charge in [-0.3, -0.25) is 4.79 Å². The quantitative estimate of drug-likeness (QED) is 0.780. The van der Waals surface area contributed by atoms with Gasteiger partial charge in [-0.05, 0) is 36.6 Å². The highest BCUT2D eigenvalue weighted by molar-refractivity contribution is 5.96. The summed E-state index contributed by atoms with van der Waals surface area (Å²) >= 11 is 0. The van der Waals surface area contributed by atoms with E-state index in [0.717, 1.165) is 17.5 Å². The number of rotatable bonds is 5. The lowest BCUT2D eigenvalue weighted by atomic mass is 9.99. The van der Waals surface area contributed by atoms with Crippen molar-refractivity contribution in [3.8, 4) is 11.8 Å². The largest absolute Gasteiger partial charge is 0.488 e. The van der Waals surface area contributed by atoms with E-state index in [1.54, 1.807) is 12.1 Å². The molecule has 0 amide bonds. The molecule has 21 heavy (non-hydrogen) atoms. The Bertz CT molecular complexity index is 684. The van der Waals surface area contributed by atoms with Crippen molar-refractivity contribution >= 4 is 5.78 Å². The second kappa shape index (κ2) is 6.71. The topological polar surface area (TPSA) is 50.1 Å². The van der Waals surface area contributed by atoms with Crippen molar-refractivity contribution in [3.05, 3.63) is 64.7 Å². The third kappa shape index (κ3) is 3.49. The van der Waals surface area contributed by atoms with Crippen LogP contribution in [-0.4, -0.2) is 5.78 Å². The summed E-state index contributed by atoms with van der Waals surface area (Å²) in [6.07, 6.45) is 0.725. The summed E-state index contributed by atoms with van der Waals surface area (Å²) in [5, 5.41) is 9.24. The molecule has 0 aromatic heterocycles. The fraction of sp³-hybridized carbons (Fsp3) is 0.222. The Labute approximate surface area is 124 Å². The molecular weight excluding hydrogens is 262 g/mol.